The van der Waals surface area contributed by atoms with Gasteiger partial charge in [0, 0.05) is 45.1 Å². The highest BCUT2D eigenvalue weighted by atomic mass is 16.3. The van der Waals surface area contributed by atoms with Crippen molar-refractivity contribution in [3.05, 3.63) is 84.2 Å². The van der Waals surface area contributed by atoms with Crippen molar-refractivity contribution in [3.63, 3.8) is 0 Å². The predicted octanol–water partition coefficient (Wildman–Crippen LogP) is 4.37. The summed E-state index contributed by atoms with van der Waals surface area (Å²) in [7, 11) is 0. The first kappa shape index (κ1) is 22.0. The molecule has 2 heterocycles. The molecule has 5 nitrogen and oxygen atoms in total. The molecule has 2 aromatic carbocycles. The maximum absolute atomic E-state index is 13.5. The van der Waals surface area contributed by atoms with Gasteiger partial charge in [0.2, 0.25) is 5.91 Å². The minimum absolute atomic E-state index is 0.107. The second kappa shape index (κ2) is 10.4. The van der Waals surface area contributed by atoms with E-state index in [4.69, 9.17) is 0 Å². The number of pyridine rings is 1. The average Bonchev–Trinajstić information content (AvgIpc) is 2.94. The molecule has 0 aliphatic carbocycles. The third kappa shape index (κ3) is 5.35. The molecule has 1 amide bonds. The van der Waals surface area contributed by atoms with Crippen molar-refractivity contribution in [1.82, 2.24) is 14.8 Å². The van der Waals surface area contributed by atoms with Gasteiger partial charge in [-0.1, -0.05) is 43.3 Å². The van der Waals surface area contributed by atoms with Crippen molar-refractivity contribution in [1.29, 1.82) is 0 Å². The van der Waals surface area contributed by atoms with Crippen molar-refractivity contribution in [2.75, 3.05) is 26.2 Å². The van der Waals surface area contributed by atoms with Crippen LogP contribution in [0.5, 0.6) is 5.75 Å². The number of phenolic OH excluding ortho intramolecular Hbond substituents is 1. The third-order valence-electron chi connectivity index (χ3n) is 6.11. The molecule has 5 heteroatoms. The fraction of sp³-hybridized carbons (Fsp3) is 0.333. The molecular formula is C27H31N3O2. The minimum atomic E-state index is -0.107. The highest BCUT2D eigenvalue weighted by molar-refractivity contribution is 5.80. The SMILES string of the molecule is CCCN1CCN(Cc2cccc(O)c2)C[C@H](Cc2ccccc2-c2ccncc2)C1=O. The summed E-state index contributed by atoms with van der Waals surface area (Å²) in [4.78, 5) is 22.0. The van der Waals surface area contributed by atoms with Gasteiger partial charge in [-0.2, -0.15) is 0 Å². The van der Waals surface area contributed by atoms with E-state index in [9.17, 15) is 9.90 Å². The third-order valence-corrected chi connectivity index (χ3v) is 6.11. The number of benzene rings is 2. The molecule has 1 fully saturated rings. The van der Waals surface area contributed by atoms with Gasteiger partial charge >= 0.3 is 0 Å². The van der Waals surface area contributed by atoms with E-state index in [0.29, 0.717) is 13.0 Å². The molecule has 32 heavy (non-hydrogen) atoms. The van der Waals surface area contributed by atoms with Crippen LogP contribution in [0.15, 0.2) is 73.1 Å². The second-order valence-electron chi connectivity index (χ2n) is 8.52. The van der Waals surface area contributed by atoms with Crippen LogP contribution >= 0.6 is 0 Å². The highest BCUT2D eigenvalue weighted by Crippen LogP contribution is 2.27. The lowest BCUT2D eigenvalue weighted by atomic mass is 9.91. The molecule has 1 saturated heterocycles. The monoisotopic (exact) mass is 429 g/mol. The summed E-state index contributed by atoms with van der Waals surface area (Å²) in [6.07, 6.45) is 5.28. The van der Waals surface area contributed by atoms with Gasteiger partial charge in [-0.05, 0) is 59.4 Å². The van der Waals surface area contributed by atoms with Gasteiger partial charge < -0.3 is 10.0 Å². The highest BCUT2D eigenvalue weighted by Gasteiger charge is 2.30. The van der Waals surface area contributed by atoms with Gasteiger partial charge in [-0.25, -0.2) is 0 Å². The van der Waals surface area contributed by atoms with E-state index < -0.39 is 0 Å². The molecule has 1 aromatic heterocycles. The summed E-state index contributed by atoms with van der Waals surface area (Å²) in [5, 5.41) is 9.85. The number of nitrogens with zero attached hydrogens (tertiary/aromatic N) is 3. The van der Waals surface area contributed by atoms with Gasteiger partial charge in [0.05, 0.1) is 5.92 Å². The van der Waals surface area contributed by atoms with Crippen molar-refractivity contribution < 1.29 is 9.90 Å². The largest absolute Gasteiger partial charge is 0.508 e. The standard InChI is InChI=1S/C27H31N3O2/c1-2-14-30-16-15-29(19-21-6-5-8-25(31)17-21)20-24(27(30)32)18-23-7-3-4-9-26(23)22-10-12-28-13-11-22/h3-13,17,24,31H,2,14-16,18-20H2,1H3/t24-/m0/s1. The molecule has 1 N–H and O–H groups in total. The summed E-state index contributed by atoms with van der Waals surface area (Å²) in [6, 6.07) is 19.8. The van der Waals surface area contributed by atoms with Crippen LogP contribution in [-0.4, -0.2) is 52.0 Å². The van der Waals surface area contributed by atoms with E-state index in [-0.39, 0.29) is 17.6 Å². The van der Waals surface area contributed by atoms with Crippen molar-refractivity contribution in [2.45, 2.75) is 26.3 Å². The number of rotatable bonds is 7. The van der Waals surface area contributed by atoms with Crippen LogP contribution in [0.4, 0.5) is 0 Å². The number of aromatic hydroxyl groups is 1. The van der Waals surface area contributed by atoms with Crippen molar-refractivity contribution >= 4 is 5.91 Å². The Kier molecular flexibility index (Phi) is 7.17. The van der Waals surface area contributed by atoms with E-state index in [2.05, 4.69) is 35.0 Å². The molecule has 0 radical (unpaired) electrons. The topological polar surface area (TPSA) is 56.7 Å². The lowest BCUT2D eigenvalue weighted by Crippen LogP contribution is -2.37. The first-order chi connectivity index (χ1) is 15.6. The molecule has 4 rings (SSSR count). The lowest BCUT2D eigenvalue weighted by molar-refractivity contribution is -0.134. The quantitative estimate of drug-likeness (QED) is 0.606. The van der Waals surface area contributed by atoms with Crippen LogP contribution in [0, 0.1) is 5.92 Å². The molecule has 0 unspecified atom stereocenters. The molecule has 0 saturated carbocycles. The molecule has 166 valence electrons. The number of aromatic nitrogens is 1. The zero-order chi connectivity index (χ0) is 22.3. The second-order valence-corrected chi connectivity index (χ2v) is 8.52. The summed E-state index contributed by atoms with van der Waals surface area (Å²) in [6.45, 7) is 5.93. The lowest BCUT2D eigenvalue weighted by Gasteiger charge is -2.25. The van der Waals surface area contributed by atoms with Gasteiger partial charge in [-0.3, -0.25) is 14.7 Å². The molecule has 1 aliphatic heterocycles. The van der Waals surface area contributed by atoms with Crippen LogP contribution in [0.3, 0.4) is 0 Å². The maximum Gasteiger partial charge on any atom is 0.227 e. The fourth-order valence-corrected chi connectivity index (χ4v) is 4.59. The Labute approximate surface area is 190 Å². The number of carbonyl (C=O) groups excluding carboxylic acids is 1. The fourth-order valence-electron chi connectivity index (χ4n) is 4.59. The first-order valence-corrected chi connectivity index (χ1v) is 11.4. The van der Waals surface area contributed by atoms with E-state index >= 15 is 0 Å². The van der Waals surface area contributed by atoms with Gasteiger partial charge in [0.1, 0.15) is 5.75 Å². The van der Waals surface area contributed by atoms with Crippen LogP contribution in [0.2, 0.25) is 0 Å². The van der Waals surface area contributed by atoms with Gasteiger partial charge in [0.25, 0.3) is 0 Å². The zero-order valence-corrected chi connectivity index (χ0v) is 18.7. The number of carbonyl (C=O) groups is 1. The summed E-state index contributed by atoms with van der Waals surface area (Å²) in [5.74, 6) is 0.419. The van der Waals surface area contributed by atoms with E-state index in [1.807, 2.05) is 53.7 Å². The van der Waals surface area contributed by atoms with E-state index in [0.717, 1.165) is 49.3 Å². The molecule has 0 spiro atoms. The Hall–Kier alpha value is -3.18. The Balaban J connectivity index is 1.59. The first-order valence-electron chi connectivity index (χ1n) is 11.4. The minimum Gasteiger partial charge on any atom is -0.508 e. The maximum atomic E-state index is 13.5. The Morgan fingerprint density at radius 3 is 2.62 bits per heavy atom. The predicted molar refractivity (Wildman–Crippen MR) is 127 cm³/mol. The number of hydrogen-bond donors (Lipinski definition) is 1. The molecule has 3 aromatic rings. The summed E-state index contributed by atoms with van der Waals surface area (Å²) < 4.78 is 0. The summed E-state index contributed by atoms with van der Waals surface area (Å²) in [5.41, 5.74) is 4.54. The van der Waals surface area contributed by atoms with Gasteiger partial charge in [-0.15, -0.1) is 0 Å². The molecule has 1 aliphatic rings. The molecule has 0 bridgehead atoms. The number of amides is 1. The number of phenols is 1. The Morgan fingerprint density at radius 1 is 1.03 bits per heavy atom. The van der Waals surface area contributed by atoms with Crippen LogP contribution in [-0.2, 0) is 17.8 Å². The van der Waals surface area contributed by atoms with E-state index in [1.54, 1.807) is 6.07 Å². The zero-order valence-electron chi connectivity index (χ0n) is 18.7. The van der Waals surface area contributed by atoms with Crippen LogP contribution < -0.4 is 0 Å². The summed E-state index contributed by atoms with van der Waals surface area (Å²) >= 11 is 0. The smallest absolute Gasteiger partial charge is 0.227 e. The van der Waals surface area contributed by atoms with Crippen LogP contribution in [0.1, 0.15) is 24.5 Å². The average molecular weight is 430 g/mol. The van der Waals surface area contributed by atoms with Gasteiger partial charge in [0.15, 0.2) is 0 Å². The molecular weight excluding hydrogens is 398 g/mol. The molecule has 1 atom stereocenters. The Morgan fingerprint density at radius 2 is 1.84 bits per heavy atom. The Bertz CT molecular complexity index is 1040. The van der Waals surface area contributed by atoms with E-state index in [1.165, 1.54) is 5.56 Å². The van der Waals surface area contributed by atoms with Crippen molar-refractivity contribution in [2.24, 2.45) is 5.92 Å². The number of hydrogen-bond acceptors (Lipinski definition) is 4. The van der Waals surface area contributed by atoms with Crippen molar-refractivity contribution in [3.8, 4) is 16.9 Å². The van der Waals surface area contributed by atoms with Crippen LogP contribution in [0.25, 0.3) is 11.1 Å². The normalized spacial score (nSPS) is 17.3.